The number of hydrogen-bond donors (Lipinski definition) is 3. The van der Waals surface area contributed by atoms with Crippen molar-refractivity contribution in [2.75, 3.05) is 37.0 Å². The third-order valence-electron chi connectivity index (χ3n) is 3.65. The summed E-state index contributed by atoms with van der Waals surface area (Å²) >= 11 is 3.17. The summed E-state index contributed by atoms with van der Waals surface area (Å²) in [5, 5.41) is 10.0. The van der Waals surface area contributed by atoms with Gasteiger partial charge in [-0.1, -0.05) is 11.3 Å². The van der Waals surface area contributed by atoms with Gasteiger partial charge in [-0.2, -0.15) is 0 Å². The highest BCUT2D eigenvalue weighted by Crippen LogP contribution is 2.26. The Kier molecular flexibility index (Phi) is 6.24. The van der Waals surface area contributed by atoms with Crippen LogP contribution in [0.5, 0.6) is 0 Å². The number of thioether (sulfide) groups is 1. The van der Waals surface area contributed by atoms with Gasteiger partial charge < -0.3 is 16.0 Å². The molecule has 136 valence electrons. The Labute approximate surface area is 160 Å². The van der Waals surface area contributed by atoms with Gasteiger partial charge in [0.05, 0.1) is 10.2 Å². The number of carbonyl (C=O) groups is 1. The highest BCUT2D eigenvalue weighted by Gasteiger charge is 2.08. The molecule has 7 nitrogen and oxygen atoms in total. The molecule has 3 aromatic rings. The Morgan fingerprint density at radius 1 is 1.19 bits per heavy atom. The van der Waals surface area contributed by atoms with E-state index in [1.807, 2.05) is 30.8 Å². The van der Waals surface area contributed by atoms with Crippen LogP contribution in [0.4, 0.5) is 11.1 Å². The van der Waals surface area contributed by atoms with Gasteiger partial charge in [-0.25, -0.2) is 15.0 Å². The van der Waals surface area contributed by atoms with Crippen molar-refractivity contribution in [1.29, 1.82) is 0 Å². The van der Waals surface area contributed by atoms with Crippen molar-refractivity contribution in [2.24, 2.45) is 0 Å². The van der Waals surface area contributed by atoms with Gasteiger partial charge in [0.2, 0.25) is 5.95 Å². The zero-order valence-corrected chi connectivity index (χ0v) is 16.2. The van der Waals surface area contributed by atoms with Crippen molar-refractivity contribution >= 4 is 50.3 Å². The second kappa shape index (κ2) is 8.81. The van der Waals surface area contributed by atoms with E-state index in [9.17, 15) is 4.79 Å². The van der Waals surface area contributed by atoms with Crippen molar-refractivity contribution in [2.45, 2.75) is 11.3 Å². The van der Waals surface area contributed by atoms with Gasteiger partial charge in [0.25, 0.3) is 5.91 Å². The molecule has 3 rings (SSSR count). The van der Waals surface area contributed by atoms with E-state index < -0.39 is 0 Å². The first-order chi connectivity index (χ1) is 12.7. The number of aromatic nitrogens is 3. The molecule has 0 aliphatic carbocycles. The second-order valence-electron chi connectivity index (χ2n) is 5.43. The summed E-state index contributed by atoms with van der Waals surface area (Å²) in [6.07, 6.45) is 6.53. The number of anilines is 2. The predicted molar refractivity (Wildman–Crippen MR) is 108 cm³/mol. The minimum Gasteiger partial charge on any atom is -0.361 e. The fourth-order valence-electron chi connectivity index (χ4n) is 2.28. The van der Waals surface area contributed by atoms with E-state index in [-0.39, 0.29) is 5.91 Å². The molecule has 0 fully saturated rings. The van der Waals surface area contributed by atoms with Crippen LogP contribution in [0.3, 0.4) is 0 Å². The van der Waals surface area contributed by atoms with Gasteiger partial charge in [-0.3, -0.25) is 4.79 Å². The molecule has 0 bridgehead atoms. The molecule has 0 spiro atoms. The zero-order chi connectivity index (χ0) is 18.4. The molecule has 0 radical (unpaired) electrons. The molecule has 2 aromatic heterocycles. The van der Waals surface area contributed by atoms with Crippen LogP contribution in [-0.4, -0.2) is 47.3 Å². The van der Waals surface area contributed by atoms with E-state index in [1.54, 1.807) is 36.2 Å². The first kappa shape index (κ1) is 18.4. The summed E-state index contributed by atoms with van der Waals surface area (Å²) in [6.45, 7) is 1.56. The smallest absolute Gasteiger partial charge is 0.251 e. The molecule has 0 atom stereocenters. The van der Waals surface area contributed by atoms with Crippen LogP contribution in [0.1, 0.15) is 16.8 Å². The molecule has 1 amide bonds. The molecular formula is C17H20N6OS2. The van der Waals surface area contributed by atoms with Crippen molar-refractivity contribution in [3.8, 4) is 0 Å². The standard InChI is InChI=1S/C17H20N6OS2/c1-18-15(24)11-4-5-13-14(8-11)26-17(23-13)20-7-3-6-19-16-21-9-12(25-2)10-22-16/h4-5,8-10H,3,6-7H2,1-2H3,(H,18,24)(H,20,23)(H,19,21,22). The number of hydrogen-bond acceptors (Lipinski definition) is 8. The summed E-state index contributed by atoms with van der Waals surface area (Å²) in [6, 6.07) is 5.53. The molecule has 0 saturated carbocycles. The molecule has 3 N–H and O–H groups in total. The van der Waals surface area contributed by atoms with E-state index in [0.717, 1.165) is 39.8 Å². The molecule has 26 heavy (non-hydrogen) atoms. The number of fused-ring (bicyclic) bond motifs is 1. The monoisotopic (exact) mass is 388 g/mol. The quantitative estimate of drug-likeness (QED) is 0.403. The first-order valence-electron chi connectivity index (χ1n) is 8.16. The number of nitrogens with one attached hydrogen (secondary N) is 3. The largest absolute Gasteiger partial charge is 0.361 e. The molecule has 2 heterocycles. The summed E-state index contributed by atoms with van der Waals surface area (Å²) in [5.41, 5.74) is 1.54. The number of carbonyl (C=O) groups excluding carboxylic acids is 1. The maximum absolute atomic E-state index is 11.7. The van der Waals surface area contributed by atoms with E-state index in [0.29, 0.717) is 11.5 Å². The first-order valence-corrected chi connectivity index (χ1v) is 10.2. The van der Waals surface area contributed by atoms with Gasteiger partial charge in [0, 0.05) is 43.0 Å². The SMILES string of the molecule is CNC(=O)c1ccc2nc(NCCCNc3ncc(SC)cn3)sc2c1. The highest BCUT2D eigenvalue weighted by molar-refractivity contribution is 7.98. The minimum atomic E-state index is -0.0892. The fraction of sp³-hybridized carbons (Fsp3) is 0.294. The molecule has 0 aliphatic rings. The summed E-state index contributed by atoms with van der Waals surface area (Å²) in [5.74, 6) is 0.554. The van der Waals surface area contributed by atoms with E-state index in [2.05, 4.69) is 30.9 Å². The number of benzene rings is 1. The predicted octanol–water partition coefficient (Wildman–Crippen LogP) is 3.08. The van der Waals surface area contributed by atoms with Crippen LogP contribution in [-0.2, 0) is 0 Å². The van der Waals surface area contributed by atoms with Crippen molar-refractivity contribution in [1.82, 2.24) is 20.3 Å². The lowest BCUT2D eigenvalue weighted by atomic mass is 10.2. The molecule has 0 saturated heterocycles. The third kappa shape index (κ3) is 4.61. The maximum atomic E-state index is 11.7. The van der Waals surface area contributed by atoms with E-state index in [4.69, 9.17) is 0 Å². The van der Waals surface area contributed by atoms with Crippen LogP contribution in [0.25, 0.3) is 10.2 Å². The molecule has 1 aromatic carbocycles. The second-order valence-corrected chi connectivity index (χ2v) is 7.34. The highest BCUT2D eigenvalue weighted by atomic mass is 32.2. The van der Waals surface area contributed by atoms with Gasteiger partial charge in [-0.05, 0) is 30.9 Å². The van der Waals surface area contributed by atoms with Crippen LogP contribution in [0, 0.1) is 0 Å². The van der Waals surface area contributed by atoms with Crippen LogP contribution >= 0.6 is 23.1 Å². The average Bonchev–Trinajstić information content (AvgIpc) is 3.09. The minimum absolute atomic E-state index is 0.0892. The average molecular weight is 389 g/mol. The molecule has 0 unspecified atom stereocenters. The Morgan fingerprint density at radius 2 is 1.96 bits per heavy atom. The zero-order valence-electron chi connectivity index (χ0n) is 14.6. The summed E-state index contributed by atoms with van der Waals surface area (Å²) in [4.78, 5) is 25.8. The lowest BCUT2D eigenvalue weighted by Gasteiger charge is -2.05. The Morgan fingerprint density at radius 3 is 2.69 bits per heavy atom. The van der Waals surface area contributed by atoms with Gasteiger partial charge in [0.1, 0.15) is 0 Å². The number of amides is 1. The van der Waals surface area contributed by atoms with E-state index in [1.165, 1.54) is 0 Å². The lowest BCUT2D eigenvalue weighted by molar-refractivity contribution is 0.0963. The molecule has 9 heteroatoms. The van der Waals surface area contributed by atoms with Gasteiger partial charge in [-0.15, -0.1) is 11.8 Å². The van der Waals surface area contributed by atoms with Crippen LogP contribution in [0.2, 0.25) is 0 Å². The van der Waals surface area contributed by atoms with Crippen LogP contribution in [0.15, 0.2) is 35.5 Å². The number of rotatable bonds is 8. The number of thiazole rings is 1. The molecular weight excluding hydrogens is 368 g/mol. The van der Waals surface area contributed by atoms with Gasteiger partial charge in [0.15, 0.2) is 5.13 Å². The Bertz CT molecular complexity index is 881. The lowest BCUT2D eigenvalue weighted by Crippen LogP contribution is -2.17. The Balaban J connectivity index is 1.47. The van der Waals surface area contributed by atoms with Crippen LogP contribution < -0.4 is 16.0 Å². The third-order valence-corrected chi connectivity index (χ3v) is 5.31. The Hall–Kier alpha value is -2.39. The maximum Gasteiger partial charge on any atom is 0.251 e. The fourth-order valence-corrected chi connectivity index (χ4v) is 3.53. The normalized spacial score (nSPS) is 10.7. The van der Waals surface area contributed by atoms with Gasteiger partial charge >= 0.3 is 0 Å². The van der Waals surface area contributed by atoms with Crippen molar-refractivity contribution in [3.63, 3.8) is 0 Å². The van der Waals surface area contributed by atoms with Crippen molar-refractivity contribution in [3.05, 3.63) is 36.2 Å². The summed E-state index contributed by atoms with van der Waals surface area (Å²) < 4.78 is 0.994. The van der Waals surface area contributed by atoms with Crippen molar-refractivity contribution < 1.29 is 4.79 Å². The summed E-state index contributed by atoms with van der Waals surface area (Å²) in [7, 11) is 1.63. The van der Waals surface area contributed by atoms with E-state index >= 15 is 0 Å². The number of nitrogens with zero attached hydrogens (tertiary/aromatic N) is 3. The molecule has 0 aliphatic heterocycles. The topological polar surface area (TPSA) is 91.8 Å².